The Hall–Kier alpha value is -2.88. The van der Waals surface area contributed by atoms with Crippen LogP contribution in [0.2, 0.25) is 0 Å². The number of hydrogen-bond donors (Lipinski definition) is 1. The third kappa shape index (κ3) is 6.90. The van der Waals surface area contributed by atoms with Crippen LogP contribution in [0.5, 0.6) is 5.75 Å². The van der Waals surface area contributed by atoms with Gasteiger partial charge in [0.15, 0.2) is 0 Å². The van der Waals surface area contributed by atoms with Gasteiger partial charge in [0.2, 0.25) is 5.91 Å². The fourth-order valence-electron chi connectivity index (χ4n) is 3.41. The molecule has 1 aliphatic rings. The Morgan fingerprint density at radius 2 is 2.07 bits per heavy atom. The summed E-state index contributed by atoms with van der Waals surface area (Å²) in [5.41, 5.74) is 3.73. The predicted molar refractivity (Wildman–Crippen MR) is 118 cm³/mol. The first-order valence-corrected chi connectivity index (χ1v) is 10.4. The van der Waals surface area contributed by atoms with Gasteiger partial charge in [-0.3, -0.25) is 9.78 Å². The number of aromatic nitrogens is 1. The van der Waals surface area contributed by atoms with Gasteiger partial charge < -0.3 is 10.1 Å². The molecule has 0 bridgehead atoms. The van der Waals surface area contributed by atoms with Gasteiger partial charge in [-0.2, -0.15) is 0 Å². The van der Waals surface area contributed by atoms with E-state index < -0.39 is 0 Å². The highest BCUT2D eigenvalue weighted by molar-refractivity contribution is 5.88. The number of ether oxygens (including phenoxy) is 1. The molecule has 1 amide bonds. The molecule has 4 nitrogen and oxygen atoms in total. The first-order chi connectivity index (χ1) is 14.2. The van der Waals surface area contributed by atoms with E-state index in [4.69, 9.17) is 4.74 Å². The van der Waals surface area contributed by atoms with Crippen molar-refractivity contribution in [3.05, 3.63) is 78.1 Å². The van der Waals surface area contributed by atoms with Gasteiger partial charge in [-0.05, 0) is 79.8 Å². The topological polar surface area (TPSA) is 51.2 Å². The van der Waals surface area contributed by atoms with Crippen molar-refractivity contribution in [3.63, 3.8) is 0 Å². The van der Waals surface area contributed by atoms with Crippen molar-refractivity contribution in [2.24, 2.45) is 5.92 Å². The zero-order valence-electron chi connectivity index (χ0n) is 17.3. The number of nitrogens with zero attached hydrogens (tertiary/aromatic N) is 1. The molecule has 3 rings (SSSR count). The number of pyridine rings is 1. The van der Waals surface area contributed by atoms with E-state index in [0.717, 1.165) is 25.0 Å². The van der Waals surface area contributed by atoms with E-state index in [9.17, 15) is 4.79 Å². The van der Waals surface area contributed by atoms with E-state index in [1.165, 1.54) is 29.5 Å². The van der Waals surface area contributed by atoms with E-state index in [1.54, 1.807) is 19.4 Å². The van der Waals surface area contributed by atoms with Crippen molar-refractivity contribution < 1.29 is 9.53 Å². The Labute approximate surface area is 173 Å². The van der Waals surface area contributed by atoms with Crippen molar-refractivity contribution >= 4 is 11.5 Å². The molecule has 1 fully saturated rings. The molecule has 1 aliphatic carbocycles. The maximum atomic E-state index is 12.2. The SMILES string of the molecule is COc1ccc(/C(=C\C=C\C(=O)NC(C)CCCc2cccnc2)C2CC2)cc1. The zero-order chi connectivity index (χ0) is 20.5. The van der Waals surface area contributed by atoms with Gasteiger partial charge in [-0.1, -0.05) is 30.4 Å². The van der Waals surface area contributed by atoms with Gasteiger partial charge in [0.1, 0.15) is 5.75 Å². The van der Waals surface area contributed by atoms with Crippen molar-refractivity contribution in [3.8, 4) is 5.75 Å². The zero-order valence-corrected chi connectivity index (χ0v) is 17.3. The van der Waals surface area contributed by atoms with E-state index in [-0.39, 0.29) is 11.9 Å². The number of methoxy groups -OCH3 is 1. The van der Waals surface area contributed by atoms with Crippen LogP contribution in [0.15, 0.2) is 67.0 Å². The van der Waals surface area contributed by atoms with Gasteiger partial charge in [-0.25, -0.2) is 0 Å². The summed E-state index contributed by atoms with van der Waals surface area (Å²) in [4.78, 5) is 16.4. The lowest BCUT2D eigenvalue weighted by Crippen LogP contribution is -2.31. The number of allylic oxidation sites excluding steroid dienone is 3. The Morgan fingerprint density at radius 1 is 1.28 bits per heavy atom. The van der Waals surface area contributed by atoms with Crippen molar-refractivity contribution in [2.45, 2.75) is 45.1 Å². The second-order valence-corrected chi connectivity index (χ2v) is 7.65. The van der Waals surface area contributed by atoms with E-state index >= 15 is 0 Å². The summed E-state index contributed by atoms with van der Waals surface area (Å²) in [5, 5.41) is 3.05. The van der Waals surface area contributed by atoms with Gasteiger partial charge in [0.05, 0.1) is 7.11 Å². The molecule has 0 aliphatic heterocycles. The second kappa shape index (κ2) is 10.6. The number of amides is 1. The quantitative estimate of drug-likeness (QED) is 0.460. The standard InChI is InChI=1S/C25H30N2O2/c1-19(6-3-7-20-8-5-17-26-18-20)27-25(28)10-4-9-24(21-11-12-21)22-13-15-23(29-2)16-14-22/h4-5,8-10,13-19,21H,3,6-7,11-12H2,1-2H3,(H,27,28)/b10-4+,24-9-. The third-order valence-electron chi connectivity index (χ3n) is 5.18. The third-order valence-corrected chi connectivity index (χ3v) is 5.18. The van der Waals surface area contributed by atoms with Crippen LogP contribution in [0, 0.1) is 5.92 Å². The minimum absolute atomic E-state index is 0.0417. The minimum Gasteiger partial charge on any atom is -0.497 e. The van der Waals surface area contributed by atoms with Gasteiger partial charge in [-0.15, -0.1) is 0 Å². The fraction of sp³-hybridized carbons (Fsp3) is 0.360. The summed E-state index contributed by atoms with van der Waals surface area (Å²) in [7, 11) is 1.67. The van der Waals surface area contributed by atoms with Crippen LogP contribution >= 0.6 is 0 Å². The normalized spacial score (nSPS) is 15.3. The number of benzene rings is 1. The molecular formula is C25H30N2O2. The maximum absolute atomic E-state index is 12.2. The lowest BCUT2D eigenvalue weighted by atomic mass is 10.0. The lowest BCUT2D eigenvalue weighted by molar-refractivity contribution is -0.117. The van der Waals surface area contributed by atoms with Crippen LogP contribution in [0.3, 0.4) is 0 Å². The minimum atomic E-state index is -0.0417. The van der Waals surface area contributed by atoms with Crippen LogP contribution in [-0.2, 0) is 11.2 Å². The molecule has 1 saturated carbocycles. The highest BCUT2D eigenvalue weighted by atomic mass is 16.5. The van der Waals surface area contributed by atoms with Crippen molar-refractivity contribution in [1.82, 2.24) is 10.3 Å². The molecule has 1 unspecified atom stereocenters. The smallest absolute Gasteiger partial charge is 0.244 e. The van der Waals surface area contributed by atoms with Crippen LogP contribution in [0.4, 0.5) is 0 Å². The summed E-state index contributed by atoms with van der Waals surface area (Å²) < 4.78 is 5.24. The predicted octanol–water partition coefficient (Wildman–Crippen LogP) is 4.97. The molecule has 152 valence electrons. The summed E-state index contributed by atoms with van der Waals surface area (Å²) in [6.07, 6.45) is 14.7. The van der Waals surface area contributed by atoms with Crippen LogP contribution in [-0.4, -0.2) is 24.0 Å². The first kappa shape index (κ1) is 20.8. The number of nitrogens with one attached hydrogen (secondary N) is 1. The summed E-state index contributed by atoms with van der Waals surface area (Å²) in [6, 6.07) is 12.3. The molecule has 1 N–H and O–H groups in total. The first-order valence-electron chi connectivity index (χ1n) is 10.4. The Morgan fingerprint density at radius 3 is 2.72 bits per heavy atom. The largest absolute Gasteiger partial charge is 0.497 e. The van der Waals surface area contributed by atoms with Gasteiger partial charge >= 0.3 is 0 Å². The fourth-order valence-corrected chi connectivity index (χ4v) is 3.41. The van der Waals surface area contributed by atoms with Crippen molar-refractivity contribution in [2.75, 3.05) is 7.11 Å². The molecule has 1 atom stereocenters. The monoisotopic (exact) mass is 390 g/mol. The van der Waals surface area contributed by atoms with Crippen LogP contribution < -0.4 is 10.1 Å². The number of carbonyl (C=O) groups is 1. The average molecular weight is 391 g/mol. The highest BCUT2D eigenvalue weighted by Gasteiger charge is 2.26. The van der Waals surface area contributed by atoms with Crippen molar-refractivity contribution in [1.29, 1.82) is 0 Å². The number of rotatable bonds is 10. The van der Waals surface area contributed by atoms with E-state index in [2.05, 4.69) is 41.5 Å². The molecule has 0 spiro atoms. The summed E-state index contributed by atoms with van der Waals surface area (Å²) in [6.45, 7) is 2.05. The summed E-state index contributed by atoms with van der Waals surface area (Å²) >= 11 is 0. The summed E-state index contributed by atoms with van der Waals surface area (Å²) in [5.74, 6) is 1.42. The Bertz CT molecular complexity index is 837. The lowest BCUT2D eigenvalue weighted by Gasteiger charge is -2.12. The number of aryl methyl sites for hydroxylation is 1. The molecule has 1 aromatic heterocycles. The van der Waals surface area contributed by atoms with E-state index in [0.29, 0.717) is 5.92 Å². The van der Waals surface area contributed by atoms with E-state index in [1.807, 2.05) is 30.5 Å². The second-order valence-electron chi connectivity index (χ2n) is 7.65. The molecule has 0 radical (unpaired) electrons. The molecule has 1 heterocycles. The molecule has 1 aromatic carbocycles. The molecule has 4 heteroatoms. The molecule has 29 heavy (non-hydrogen) atoms. The highest BCUT2D eigenvalue weighted by Crippen LogP contribution is 2.42. The van der Waals surface area contributed by atoms with Crippen LogP contribution in [0.1, 0.15) is 43.7 Å². The van der Waals surface area contributed by atoms with Gasteiger partial charge in [0, 0.05) is 24.5 Å². The molecule has 2 aromatic rings. The maximum Gasteiger partial charge on any atom is 0.244 e. The Kier molecular flexibility index (Phi) is 7.62. The average Bonchev–Trinajstić information content (AvgIpc) is 3.57. The number of carbonyl (C=O) groups excluding carboxylic acids is 1. The molecule has 0 saturated heterocycles. The van der Waals surface area contributed by atoms with Crippen LogP contribution in [0.25, 0.3) is 5.57 Å². The number of hydrogen-bond acceptors (Lipinski definition) is 3. The van der Waals surface area contributed by atoms with Gasteiger partial charge in [0.25, 0.3) is 0 Å². The Balaban J connectivity index is 1.47. The molecular weight excluding hydrogens is 360 g/mol.